The smallest absolute Gasteiger partial charge is 0.462 e. The first-order valence-corrected chi connectivity index (χ1v) is 20.8. The molecular formula is C35H67O9PS. The van der Waals surface area contributed by atoms with Gasteiger partial charge in [-0.25, -0.2) is 4.57 Å². The van der Waals surface area contributed by atoms with Gasteiger partial charge in [-0.1, -0.05) is 154 Å². The molecule has 0 heterocycles. The van der Waals surface area contributed by atoms with Crippen molar-refractivity contribution in [3.63, 3.8) is 0 Å². The Morgan fingerprint density at radius 3 is 1.39 bits per heavy atom. The van der Waals surface area contributed by atoms with Crippen molar-refractivity contribution in [1.82, 2.24) is 0 Å². The molecule has 0 amide bonds. The first-order chi connectivity index (χ1) is 22.1. The van der Waals surface area contributed by atoms with Crippen LogP contribution in [-0.4, -0.2) is 51.9 Å². The molecule has 0 rings (SSSR count). The normalized spacial score (nSPS) is 12.3. The molecule has 0 aliphatic heterocycles. The highest BCUT2D eigenvalue weighted by molar-refractivity contribution is 8.13. The molecule has 9 nitrogen and oxygen atoms in total. The van der Waals surface area contributed by atoms with Gasteiger partial charge in [0.05, 0.1) is 6.61 Å². The van der Waals surface area contributed by atoms with Crippen molar-refractivity contribution in [2.75, 3.05) is 19.0 Å². The highest BCUT2D eigenvalue weighted by atomic mass is 32.2. The number of phosphoric ester groups is 1. The van der Waals surface area contributed by atoms with Gasteiger partial charge in [0, 0.05) is 25.5 Å². The van der Waals surface area contributed by atoms with Crippen LogP contribution in [0.1, 0.15) is 181 Å². The summed E-state index contributed by atoms with van der Waals surface area (Å²) in [6.07, 6.45) is 27.3. The molecule has 0 radical (unpaired) electrons. The van der Waals surface area contributed by atoms with Gasteiger partial charge in [-0.15, -0.1) is 0 Å². The average Bonchev–Trinajstić information content (AvgIpc) is 3.00. The Morgan fingerprint density at radius 1 is 0.587 bits per heavy atom. The van der Waals surface area contributed by atoms with E-state index in [9.17, 15) is 18.9 Å². The van der Waals surface area contributed by atoms with Crippen LogP contribution in [0.15, 0.2) is 0 Å². The summed E-state index contributed by atoms with van der Waals surface area (Å²) in [5.74, 6) is 0.0495. The lowest BCUT2D eigenvalue weighted by molar-refractivity contribution is -0.161. The summed E-state index contributed by atoms with van der Waals surface area (Å²) in [6, 6.07) is 0. The molecule has 272 valence electrons. The molecule has 0 aromatic rings. The Balaban J connectivity index is 3.89. The molecule has 0 aliphatic rings. The lowest BCUT2D eigenvalue weighted by Crippen LogP contribution is -2.29. The maximum absolute atomic E-state index is 12.3. The molecule has 0 bridgehead atoms. The van der Waals surface area contributed by atoms with Crippen molar-refractivity contribution in [3.8, 4) is 0 Å². The van der Waals surface area contributed by atoms with Crippen LogP contribution in [0.5, 0.6) is 0 Å². The van der Waals surface area contributed by atoms with Crippen LogP contribution in [0.25, 0.3) is 0 Å². The molecular weight excluding hydrogens is 627 g/mol. The molecule has 2 N–H and O–H groups in total. The summed E-state index contributed by atoms with van der Waals surface area (Å²) >= 11 is 1.43. The summed E-state index contributed by atoms with van der Waals surface area (Å²) in [7, 11) is -4.75. The number of esters is 2. The van der Waals surface area contributed by atoms with Crippen molar-refractivity contribution >= 4 is 36.6 Å². The first kappa shape index (κ1) is 45.1. The molecule has 0 saturated carbocycles. The van der Waals surface area contributed by atoms with Crippen molar-refractivity contribution in [2.45, 2.75) is 187 Å². The van der Waals surface area contributed by atoms with E-state index in [1.54, 1.807) is 6.92 Å². The number of ether oxygens (including phenoxy) is 2. The van der Waals surface area contributed by atoms with Crippen molar-refractivity contribution in [3.05, 3.63) is 0 Å². The third-order valence-electron chi connectivity index (χ3n) is 7.97. The van der Waals surface area contributed by atoms with Crippen LogP contribution in [0.3, 0.4) is 0 Å². The van der Waals surface area contributed by atoms with Gasteiger partial charge in [-0.05, 0) is 19.3 Å². The third-order valence-corrected chi connectivity index (χ3v) is 9.36. The molecule has 0 spiro atoms. The fourth-order valence-electron chi connectivity index (χ4n) is 5.26. The second kappa shape index (κ2) is 32.6. The maximum Gasteiger partial charge on any atom is 0.469 e. The Hall–Kier alpha value is -0.930. The van der Waals surface area contributed by atoms with E-state index in [1.165, 1.54) is 108 Å². The number of carbonyl (C=O) groups excluding carboxylic acids is 3. The van der Waals surface area contributed by atoms with E-state index < -0.39 is 32.5 Å². The lowest BCUT2D eigenvalue weighted by atomic mass is 10.0. The Morgan fingerprint density at radius 2 is 0.978 bits per heavy atom. The predicted octanol–water partition coefficient (Wildman–Crippen LogP) is 9.99. The van der Waals surface area contributed by atoms with Gasteiger partial charge < -0.3 is 19.3 Å². The molecule has 0 unspecified atom stereocenters. The van der Waals surface area contributed by atoms with E-state index >= 15 is 0 Å². The minimum atomic E-state index is -4.75. The molecule has 11 heteroatoms. The van der Waals surface area contributed by atoms with Crippen molar-refractivity contribution < 1.29 is 42.7 Å². The number of thioether (sulfide) groups is 1. The zero-order valence-electron chi connectivity index (χ0n) is 29.2. The Labute approximate surface area is 284 Å². The summed E-state index contributed by atoms with van der Waals surface area (Å²) in [4.78, 5) is 53.5. The molecule has 0 fully saturated rings. The second-order valence-corrected chi connectivity index (χ2v) is 15.1. The molecule has 46 heavy (non-hydrogen) atoms. The molecule has 0 aliphatic carbocycles. The largest absolute Gasteiger partial charge is 0.469 e. The molecule has 0 aromatic heterocycles. The highest BCUT2D eigenvalue weighted by Gasteiger charge is 2.22. The minimum absolute atomic E-state index is 0.209. The van der Waals surface area contributed by atoms with Crippen LogP contribution < -0.4 is 0 Å². The fraction of sp³-hybridized carbons (Fsp3) is 0.914. The minimum Gasteiger partial charge on any atom is -0.462 e. The predicted molar refractivity (Wildman–Crippen MR) is 188 cm³/mol. The average molecular weight is 695 g/mol. The third kappa shape index (κ3) is 35.9. The monoisotopic (exact) mass is 694 g/mol. The van der Waals surface area contributed by atoms with Crippen LogP contribution in [0.4, 0.5) is 0 Å². The van der Waals surface area contributed by atoms with E-state index in [2.05, 4.69) is 11.4 Å². The van der Waals surface area contributed by atoms with E-state index in [0.29, 0.717) is 12.8 Å². The topological polar surface area (TPSA) is 136 Å². The number of unbranched alkanes of at least 4 members (excludes halogenated alkanes) is 22. The number of rotatable bonds is 34. The number of hydrogen-bond acceptors (Lipinski definition) is 8. The van der Waals surface area contributed by atoms with Gasteiger partial charge in [0.15, 0.2) is 11.2 Å². The van der Waals surface area contributed by atoms with Gasteiger partial charge in [0.2, 0.25) is 0 Å². The van der Waals surface area contributed by atoms with E-state index in [0.717, 1.165) is 50.7 Å². The molecule has 0 aromatic carbocycles. The maximum atomic E-state index is 12.3. The first-order valence-electron chi connectivity index (χ1n) is 18.3. The van der Waals surface area contributed by atoms with E-state index in [4.69, 9.17) is 19.3 Å². The van der Waals surface area contributed by atoms with Crippen LogP contribution in [0.2, 0.25) is 0 Å². The fourth-order valence-corrected chi connectivity index (χ4v) is 6.26. The lowest BCUT2D eigenvalue weighted by Gasteiger charge is -2.18. The van der Waals surface area contributed by atoms with Crippen LogP contribution in [0, 0.1) is 0 Å². The number of phosphoric acid groups is 1. The quantitative estimate of drug-likeness (QED) is 0.0380. The summed E-state index contributed by atoms with van der Waals surface area (Å²) in [5, 5.41) is 0.211. The van der Waals surface area contributed by atoms with Gasteiger partial charge >= 0.3 is 19.8 Å². The Kier molecular flexibility index (Phi) is 31.9. The number of carbonyl (C=O) groups is 3. The van der Waals surface area contributed by atoms with Gasteiger partial charge in [0.25, 0.3) is 0 Å². The Bertz CT molecular complexity index is 790. The van der Waals surface area contributed by atoms with Crippen LogP contribution >= 0.6 is 19.6 Å². The SMILES string of the molecule is CCCCCCCCCCCCCC(=O)O[C@H](COC(=O)CCCCCCCCCCCCCCCSC(C)=O)COP(=O)(O)O. The summed E-state index contributed by atoms with van der Waals surface area (Å²) in [5.41, 5.74) is 0. The molecule has 1 atom stereocenters. The van der Waals surface area contributed by atoms with Crippen LogP contribution in [-0.2, 0) is 32.9 Å². The summed E-state index contributed by atoms with van der Waals surface area (Å²) in [6.45, 7) is 3.02. The van der Waals surface area contributed by atoms with E-state index in [-0.39, 0.29) is 24.6 Å². The zero-order valence-corrected chi connectivity index (χ0v) is 30.9. The van der Waals surface area contributed by atoms with Gasteiger partial charge in [0.1, 0.15) is 6.61 Å². The number of hydrogen-bond donors (Lipinski definition) is 2. The van der Waals surface area contributed by atoms with Gasteiger partial charge in [-0.3, -0.25) is 18.9 Å². The second-order valence-electron chi connectivity index (χ2n) is 12.6. The van der Waals surface area contributed by atoms with Crippen molar-refractivity contribution in [2.24, 2.45) is 0 Å². The standard InChI is InChI=1S/C35H67O9PS/c1-3-4-5-6-7-8-12-16-19-22-25-28-35(38)44-33(31-43-45(39,40)41)30-42-34(37)27-24-21-18-15-13-10-9-11-14-17-20-23-26-29-46-32(2)36/h33H,3-31H2,1-2H3,(H2,39,40,41)/t33-/m1/s1. The summed E-state index contributed by atoms with van der Waals surface area (Å²) < 4.78 is 26.2. The van der Waals surface area contributed by atoms with E-state index in [1.807, 2.05) is 0 Å². The highest BCUT2D eigenvalue weighted by Crippen LogP contribution is 2.36. The zero-order chi connectivity index (χ0) is 34.1. The van der Waals surface area contributed by atoms with Crippen molar-refractivity contribution in [1.29, 1.82) is 0 Å². The van der Waals surface area contributed by atoms with Gasteiger partial charge in [-0.2, -0.15) is 0 Å². The molecule has 0 saturated heterocycles.